The first-order chi connectivity index (χ1) is 9.99. The predicted octanol–water partition coefficient (Wildman–Crippen LogP) is 2.59. The Kier molecular flexibility index (Phi) is 5.52. The van der Waals surface area contributed by atoms with Crippen molar-refractivity contribution in [2.45, 2.75) is 24.8 Å². The molecular formula is C14H16BrNO4S. The van der Waals surface area contributed by atoms with Gasteiger partial charge in [0.25, 0.3) is 0 Å². The van der Waals surface area contributed by atoms with Gasteiger partial charge >= 0.3 is 5.97 Å². The van der Waals surface area contributed by atoms with Crippen molar-refractivity contribution < 1.29 is 19.4 Å². The second kappa shape index (κ2) is 7.17. The molecule has 1 N–H and O–H groups in total. The van der Waals surface area contributed by atoms with Gasteiger partial charge in [-0.15, -0.1) is 11.8 Å². The third-order valence-electron chi connectivity index (χ3n) is 3.18. The predicted molar refractivity (Wildman–Crippen MR) is 84.4 cm³/mol. The lowest BCUT2D eigenvalue weighted by atomic mass is 10.2. The number of amides is 1. The van der Waals surface area contributed by atoms with E-state index in [1.54, 1.807) is 0 Å². The first-order valence-corrected chi connectivity index (χ1v) is 8.37. The van der Waals surface area contributed by atoms with Gasteiger partial charge in [-0.05, 0) is 25.1 Å². The molecule has 0 saturated carbocycles. The van der Waals surface area contributed by atoms with Crippen LogP contribution in [0.2, 0.25) is 0 Å². The highest BCUT2D eigenvalue weighted by Crippen LogP contribution is 2.29. The van der Waals surface area contributed by atoms with Gasteiger partial charge in [0, 0.05) is 10.2 Å². The number of carbonyl (C=O) groups is 2. The lowest BCUT2D eigenvalue weighted by Gasteiger charge is -2.25. The summed E-state index contributed by atoms with van der Waals surface area (Å²) in [4.78, 5) is 24.8. The smallest absolute Gasteiger partial charge is 0.327 e. The Morgan fingerprint density at radius 1 is 1.52 bits per heavy atom. The average molecular weight is 374 g/mol. The molecule has 7 heteroatoms. The topological polar surface area (TPSA) is 66.8 Å². The molecule has 2 unspecified atom stereocenters. The van der Waals surface area contributed by atoms with E-state index in [9.17, 15) is 9.59 Å². The van der Waals surface area contributed by atoms with Gasteiger partial charge in [0.1, 0.15) is 11.8 Å². The maximum absolute atomic E-state index is 12.2. The summed E-state index contributed by atoms with van der Waals surface area (Å²) in [5.74, 6) is -0.0202. The molecule has 1 aromatic rings. The summed E-state index contributed by atoms with van der Waals surface area (Å²) in [5, 5.41) is 9.03. The van der Waals surface area contributed by atoms with E-state index in [0.29, 0.717) is 11.5 Å². The Labute approximate surface area is 135 Å². The van der Waals surface area contributed by atoms with Crippen molar-refractivity contribution in [2.75, 3.05) is 12.4 Å². The van der Waals surface area contributed by atoms with Crippen LogP contribution in [0.1, 0.15) is 13.3 Å². The molecule has 1 aliphatic rings. The molecule has 0 spiro atoms. The molecule has 2 rings (SSSR count). The van der Waals surface area contributed by atoms with E-state index < -0.39 is 12.0 Å². The van der Waals surface area contributed by atoms with Gasteiger partial charge in [-0.1, -0.05) is 22.0 Å². The number of carboxylic acid groups (broad SMARTS) is 1. The molecule has 5 nitrogen and oxygen atoms in total. The van der Waals surface area contributed by atoms with Crippen molar-refractivity contribution in [1.29, 1.82) is 0 Å². The summed E-state index contributed by atoms with van der Waals surface area (Å²) in [7, 11) is 0. The Morgan fingerprint density at radius 3 is 2.95 bits per heavy atom. The quantitative estimate of drug-likeness (QED) is 0.858. The fourth-order valence-electron chi connectivity index (χ4n) is 2.15. The second-order valence-electron chi connectivity index (χ2n) is 4.64. The third kappa shape index (κ3) is 4.14. The van der Waals surface area contributed by atoms with Gasteiger partial charge in [-0.25, -0.2) is 4.79 Å². The molecule has 0 aliphatic carbocycles. The minimum atomic E-state index is -0.951. The van der Waals surface area contributed by atoms with Crippen LogP contribution >= 0.6 is 27.7 Å². The van der Waals surface area contributed by atoms with Gasteiger partial charge in [-0.3, -0.25) is 4.79 Å². The van der Waals surface area contributed by atoms with Crippen molar-refractivity contribution in [3.63, 3.8) is 0 Å². The van der Waals surface area contributed by atoms with Crippen molar-refractivity contribution in [3.8, 4) is 5.75 Å². The van der Waals surface area contributed by atoms with Crippen LogP contribution in [0.3, 0.4) is 0 Å². The second-order valence-corrected chi connectivity index (χ2v) is 6.91. The molecule has 1 fully saturated rings. The zero-order chi connectivity index (χ0) is 15.4. The average Bonchev–Trinajstić information content (AvgIpc) is 2.81. The number of carbonyl (C=O) groups excluding carboxylic acids is 1. The summed E-state index contributed by atoms with van der Waals surface area (Å²) in [6.07, 6.45) is 0.168. The zero-order valence-electron chi connectivity index (χ0n) is 11.5. The minimum Gasteiger partial charge on any atom is -0.493 e. The summed E-state index contributed by atoms with van der Waals surface area (Å²) < 4.78 is 6.42. The van der Waals surface area contributed by atoms with Crippen molar-refractivity contribution in [3.05, 3.63) is 28.7 Å². The lowest BCUT2D eigenvalue weighted by molar-refractivity contribution is -0.149. The standard InChI is InChI=1S/C14H16BrNO4S/c1-9-16(12(8-21-9)14(18)19)13(17)5-6-20-11-4-2-3-10(15)7-11/h2-4,7,9,12H,5-6,8H2,1H3,(H,18,19). The van der Waals surface area contributed by atoms with Crippen LogP contribution in [0.4, 0.5) is 0 Å². The maximum Gasteiger partial charge on any atom is 0.327 e. The molecular weight excluding hydrogens is 358 g/mol. The van der Waals surface area contributed by atoms with Gasteiger partial charge in [0.15, 0.2) is 0 Å². The highest BCUT2D eigenvalue weighted by atomic mass is 79.9. The monoisotopic (exact) mass is 373 g/mol. The highest BCUT2D eigenvalue weighted by Gasteiger charge is 2.38. The molecule has 114 valence electrons. The number of halogens is 1. The number of benzene rings is 1. The maximum atomic E-state index is 12.2. The first kappa shape index (κ1) is 16.2. The number of hydrogen-bond donors (Lipinski definition) is 1. The zero-order valence-corrected chi connectivity index (χ0v) is 13.9. The van der Waals surface area contributed by atoms with E-state index in [0.717, 1.165) is 4.47 Å². The molecule has 0 aromatic heterocycles. The first-order valence-electron chi connectivity index (χ1n) is 6.53. The van der Waals surface area contributed by atoms with E-state index in [4.69, 9.17) is 9.84 Å². The number of rotatable bonds is 5. The number of aliphatic carboxylic acids is 1. The van der Waals surface area contributed by atoms with Crippen molar-refractivity contribution in [1.82, 2.24) is 4.90 Å². The third-order valence-corrected chi connectivity index (χ3v) is 4.89. The molecule has 0 bridgehead atoms. The molecule has 1 aromatic carbocycles. The van der Waals surface area contributed by atoms with E-state index in [1.165, 1.54) is 16.7 Å². The Balaban J connectivity index is 1.88. The van der Waals surface area contributed by atoms with Gasteiger partial charge in [0.2, 0.25) is 5.91 Å². The Bertz CT molecular complexity index is 539. The molecule has 1 heterocycles. The van der Waals surface area contributed by atoms with Crippen LogP contribution in [0, 0.1) is 0 Å². The van der Waals surface area contributed by atoms with E-state index in [-0.39, 0.29) is 24.3 Å². The van der Waals surface area contributed by atoms with Crippen LogP contribution < -0.4 is 4.74 Å². The number of carboxylic acids is 1. The van der Waals surface area contributed by atoms with Crippen LogP contribution in [-0.2, 0) is 9.59 Å². The number of thioether (sulfide) groups is 1. The largest absolute Gasteiger partial charge is 0.493 e. The molecule has 0 radical (unpaired) electrons. The molecule has 1 saturated heterocycles. The number of nitrogens with zero attached hydrogens (tertiary/aromatic N) is 1. The highest BCUT2D eigenvalue weighted by molar-refractivity contribution is 9.10. The molecule has 1 aliphatic heterocycles. The lowest BCUT2D eigenvalue weighted by Crippen LogP contribution is -2.45. The summed E-state index contributed by atoms with van der Waals surface area (Å²) >= 11 is 4.82. The van der Waals surface area contributed by atoms with E-state index in [1.807, 2.05) is 31.2 Å². The van der Waals surface area contributed by atoms with Crippen LogP contribution in [-0.4, -0.2) is 45.7 Å². The summed E-state index contributed by atoms with van der Waals surface area (Å²) in [5.41, 5.74) is 0. The molecule has 21 heavy (non-hydrogen) atoms. The summed E-state index contributed by atoms with van der Waals surface area (Å²) in [6, 6.07) is 6.63. The minimum absolute atomic E-state index is 0.107. The van der Waals surface area contributed by atoms with Crippen molar-refractivity contribution in [2.24, 2.45) is 0 Å². The SMILES string of the molecule is CC1SCC(C(=O)O)N1C(=O)CCOc1cccc(Br)c1. The summed E-state index contributed by atoms with van der Waals surface area (Å²) in [6.45, 7) is 2.08. The normalized spacial score (nSPS) is 21.3. The van der Waals surface area contributed by atoms with Crippen LogP contribution in [0.15, 0.2) is 28.7 Å². The fourth-order valence-corrected chi connectivity index (χ4v) is 3.72. The van der Waals surface area contributed by atoms with E-state index >= 15 is 0 Å². The van der Waals surface area contributed by atoms with Gasteiger partial charge in [-0.2, -0.15) is 0 Å². The van der Waals surface area contributed by atoms with Gasteiger partial charge in [0.05, 0.1) is 18.4 Å². The van der Waals surface area contributed by atoms with Crippen LogP contribution in [0.25, 0.3) is 0 Å². The number of hydrogen-bond acceptors (Lipinski definition) is 4. The number of ether oxygens (including phenoxy) is 1. The van der Waals surface area contributed by atoms with E-state index in [2.05, 4.69) is 15.9 Å². The molecule has 2 atom stereocenters. The van der Waals surface area contributed by atoms with Gasteiger partial charge < -0.3 is 14.7 Å². The molecule has 1 amide bonds. The Hall–Kier alpha value is -1.21. The Morgan fingerprint density at radius 2 is 2.29 bits per heavy atom. The van der Waals surface area contributed by atoms with Crippen molar-refractivity contribution >= 4 is 39.6 Å². The fraction of sp³-hybridized carbons (Fsp3) is 0.429. The van der Waals surface area contributed by atoms with Crippen LogP contribution in [0.5, 0.6) is 5.75 Å².